The fourth-order valence-corrected chi connectivity index (χ4v) is 1.20. The molecule has 0 bridgehead atoms. The highest BCUT2D eigenvalue weighted by molar-refractivity contribution is 5.71. The van der Waals surface area contributed by atoms with Gasteiger partial charge in [-0.15, -0.1) is 0 Å². The second kappa shape index (κ2) is 7.62. The van der Waals surface area contributed by atoms with Gasteiger partial charge >= 0.3 is 5.97 Å². The van der Waals surface area contributed by atoms with Crippen molar-refractivity contribution >= 4 is 5.97 Å². The van der Waals surface area contributed by atoms with Gasteiger partial charge in [-0.1, -0.05) is 6.92 Å². The van der Waals surface area contributed by atoms with E-state index in [0.29, 0.717) is 12.4 Å². The highest BCUT2D eigenvalue weighted by Gasteiger charge is 2.03. The van der Waals surface area contributed by atoms with Gasteiger partial charge in [0.2, 0.25) is 0 Å². The van der Waals surface area contributed by atoms with E-state index in [9.17, 15) is 4.79 Å². The molecule has 1 aromatic rings. The van der Waals surface area contributed by atoms with E-state index in [1.165, 1.54) is 0 Å². The standard InChI is InChI=1S/C12H18N2O3/c1-3-13-7-10-5-6-11(8-14-10)17-9-12(15)16-4-2/h5-6,8,13H,3-4,7,9H2,1-2H3. The molecule has 0 aliphatic carbocycles. The second-order valence-electron chi connectivity index (χ2n) is 3.36. The van der Waals surface area contributed by atoms with Crippen molar-refractivity contribution in [3.8, 4) is 5.75 Å². The van der Waals surface area contributed by atoms with E-state index in [4.69, 9.17) is 9.47 Å². The van der Waals surface area contributed by atoms with Gasteiger partial charge < -0.3 is 14.8 Å². The smallest absolute Gasteiger partial charge is 0.344 e. The lowest BCUT2D eigenvalue weighted by Crippen LogP contribution is -2.15. The number of hydrogen-bond donors (Lipinski definition) is 1. The highest BCUT2D eigenvalue weighted by Crippen LogP contribution is 2.08. The Morgan fingerprint density at radius 1 is 1.41 bits per heavy atom. The predicted molar refractivity (Wildman–Crippen MR) is 63.7 cm³/mol. The molecule has 0 aromatic carbocycles. The van der Waals surface area contributed by atoms with Gasteiger partial charge in [-0.25, -0.2) is 4.79 Å². The van der Waals surface area contributed by atoms with Crippen molar-refractivity contribution in [3.05, 3.63) is 24.0 Å². The Bertz CT molecular complexity index is 338. The summed E-state index contributed by atoms with van der Waals surface area (Å²) in [5, 5.41) is 3.17. The van der Waals surface area contributed by atoms with Crippen LogP contribution in [0.25, 0.3) is 0 Å². The van der Waals surface area contributed by atoms with Gasteiger partial charge in [0.25, 0.3) is 0 Å². The lowest BCUT2D eigenvalue weighted by atomic mass is 10.3. The molecule has 0 aliphatic rings. The van der Waals surface area contributed by atoms with Crippen LogP contribution in [0, 0.1) is 0 Å². The molecule has 17 heavy (non-hydrogen) atoms. The topological polar surface area (TPSA) is 60.5 Å². The van der Waals surface area contributed by atoms with Crippen molar-refractivity contribution in [2.24, 2.45) is 0 Å². The van der Waals surface area contributed by atoms with Crippen molar-refractivity contribution in [1.29, 1.82) is 0 Å². The van der Waals surface area contributed by atoms with Gasteiger partial charge in [0.1, 0.15) is 5.75 Å². The van der Waals surface area contributed by atoms with Crippen LogP contribution in [0.2, 0.25) is 0 Å². The average molecular weight is 238 g/mol. The van der Waals surface area contributed by atoms with Crippen molar-refractivity contribution in [1.82, 2.24) is 10.3 Å². The number of hydrogen-bond acceptors (Lipinski definition) is 5. The molecule has 5 nitrogen and oxygen atoms in total. The Kier molecular flexibility index (Phi) is 6.03. The maximum atomic E-state index is 11.0. The van der Waals surface area contributed by atoms with Crippen molar-refractivity contribution < 1.29 is 14.3 Å². The molecule has 0 saturated carbocycles. The summed E-state index contributed by atoms with van der Waals surface area (Å²) < 4.78 is 9.97. The van der Waals surface area contributed by atoms with Gasteiger partial charge in [0.05, 0.1) is 18.5 Å². The first-order chi connectivity index (χ1) is 8.26. The molecule has 0 saturated heterocycles. The molecule has 0 aliphatic heterocycles. The summed E-state index contributed by atoms with van der Waals surface area (Å²) in [6.45, 7) is 5.72. The molecule has 1 rings (SSSR count). The van der Waals surface area contributed by atoms with Gasteiger partial charge in [0.15, 0.2) is 6.61 Å². The first-order valence-electron chi connectivity index (χ1n) is 5.70. The third kappa shape index (κ3) is 5.31. The Morgan fingerprint density at radius 3 is 2.82 bits per heavy atom. The molecular weight excluding hydrogens is 220 g/mol. The maximum Gasteiger partial charge on any atom is 0.344 e. The number of nitrogens with one attached hydrogen (secondary N) is 1. The van der Waals surface area contributed by atoms with Gasteiger partial charge in [-0.2, -0.15) is 0 Å². The largest absolute Gasteiger partial charge is 0.480 e. The van der Waals surface area contributed by atoms with Crippen LogP contribution in [-0.4, -0.2) is 30.7 Å². The van der Waals surface area contributed by atoms with Crippen LogP contribution < -0.4 is 10.1 Å². The van der Waals surface area contributed by atoms with Crippen LogP contribution in [0.5, 0.6) is 5.75 Å². The fraction of sp³-hybridized carbons (Fsp3) is 0.500. The van der Waals surface area contributed by atoms with Crippen molar-refractivity contribution in [2.75, 3.05) is 19.8 Å². The van der Waals surface area contributed by atoms with E-state index in [1.807, 2.05) is 13.0 Å². The molecule has 0 unspecified atom stereocenters. The molecule has 0 amide bonds. The molecule has 1 heterocycles. The zero-order chi connectivity index (χ0) is 12.5. The number of esters is 1. The van der Waals surface area contributed by atoms with E-state index in [-0.39, 0.29) is 12.6 Å². The van der Waals surface area contributed by atoms with Crippen molar-refractivity contribution in [2.45, 2.75) is 20.4 Å². The Morgan fingerprint density at radius 2 is 2.24 bits per heavy atom. The summed E-state index contributed by atoms with van der Waals surface area (Å²) in [4.78, 5) is 15.2. The van der Waals surface area contributed by atoms with Gasteiger partial charge in [-0.3, -0.25) is 4.98 Å². The molecule has 0 fully saturated rings. The van der Waals surface area contributed by atoms with Gasteiger partial charge in [-0.05, 0) is 25.6 Å². The zero-order valence-corrected chi connectivity index (χ0v) is 10.2. The molecule has 94 valence electrons. The van der Waals surface area contributed by atoms with Crippen LogP contribution in [0.15, 0.2) is 18.3 Å². The normalized spacial score (nSPS) is 10.0. The molecule has 0 radical (unpaired) electrons. The summed E-state index contributed by atoms with van der Waals surface area (Å²) >= 11 is 0. The summed E-state index contributed by atoms with van der Waals surface area (Å²) in [5.74, 6) is 0.197. The second-order valence-corrected chi connectivity index (χ2v) is 3.36. The quantitative estimate of drug-likeness (QED) is 0.722. The van der Waals surface area contributed by atoms with Gasteiger partial charge in [0, 0.05) is 6.54 Å². The molecule has 1 N–H and O–H groups in total. The first-order valence-corrected chi connectivity index (χ1v) is 5.70. The van der Waals surface area contributed by atoms with Crippen LogP contribution in [0.1, 0.15) is 19.5 Å². The summed E-state index contributed by atoms with van der Waals surface area (Å²) in [7, 11) is 0. The molecule has 0 atom stereocenters. The fourth-order valence-electron chi connectivity index (χ4n) is 1.20. The van der Waals surface area contributed by atoms with Crippen LogP contribution in [0.4, 0.5) is 0 Å². The van der Waals surface area contributed by atoms with E-state index >= 15 is 0 Å². The lowest BCUT2D eigenvalue weighted by molar-refractivity contribution is -0.145. The van der Waals surface area contributed by atoms with E-state index in [1.54, 1.807) is 19.2 Å². The Hall–Kier alpha value is -1.62. The number of rotatable bonds is 7. The summed E-state index contributed by atoms with van der Waals surface area (Å²) in [5.41, 5.74) is 0.940. The number of carbonyl (C=O) groups excluding carboxylic acids is 1. The summed E-state index contributed by atoms with van der Waals surface area (Å²) in [6.07, 6.45) is 1.60. The zero-order valence-electron chi connectivity index (χ0n) is 10.2. The van der Waals surface area contributed by atoms with Crippen LogP contribution in [-0.2, 0) is 16.1 Å². The lowest BCUT2D eigenvalue weighted by Gasteiger charge is -2.06. The minimum Gasteiger partial charge on any atom is -0.480 e. The molecule has 5 heteroatoms. The van der Waals surface area contributed by atoms with Crippen LogP contribution >= 0.6 is 0 Å². The van der Waals surface area contributed by atoms with Crippen molar-refractivity contribution in [3.63, 3.8) is 0 Å². The van der Waals surface area contributed by atoms with Crippen LogP contribution in [0.3, 0.4) is 0 Å². The Labute approximate surface area is 101 Å². The van der Waals surface area contributed by atoms with E-state index in [0.717, 1.165) is 18.8 Å². The molecule has 1 aromatic heterocycles. The SMILES string of the molecule is CCNCc1ccc(OCC(=O)OCC)cn1. The minimum atomic E-state index is -0.371. The number of nitrogens with zero attached hydrogens (tertiary/aromatic N) is 1. The Balaban J connectivity index is 2.37. The minimum absolute atomic E-state index is 0.0813. The van der Waals surface area contributed by atoms with E-state index in [2.05, 4.69) is 10.3 Å². The van der Waals surface area contributed by atoms with E-state index < -0.39 is 0 Å². The number of ether oxygens (including phenoxy) is 2. The molecule has 0 spiro atoms. The number of aromatic nitrogens is 1. The molecular formula is C12H18N2O3. The third-order valence-electron chi connectivity index (χ3n) is 2.02. The first kappa shape index (κ1) is 13.4. The maximum absolute atomic E-state index is 11.0. The highest BCUT2D eigenvalue weighted by atomic mass is 16.6. The average Bonchev–Trinajstić information content (AvgIpc) is 2.35. The number of carbonyl (C=O) groups is 1. The number of pyridine rings is 1. The third-order valence-corrected chi connectivity index (χ3v) is 2.02. The summed E-state index contributed by atoms with van der Waals surface area (Å²) in [6, 6.07) is 3.65. The predicted octanol–water partition coefficient (Wildman–Crippen LogP) is 1.13. The monoisotopic (exact) mass is 238 g/mol.